The molecule has 3 saturated carbocycles. The summed E-state index contributed by atoms with van der Waals surface area (Å²) in [5.74, 6) is -6.60. The van der Waals surface area contributed by atoms with Crippen LogP contribution in [0.25, 0.3) is 0 Å². The lowest BCUT2D eigenvalue weighted by atomic mass is 9.71. The van der Waals surface area contributed by atoms with Crippen molar-refractivity contribution in [2.24, 2.45) is 29.1 Å². The summed E-state index contributed by atoms with van der Waals surface area (Å²) in [7, 11) is 2.84. The van der Waals surface area contributed by atoms with Crippen LogP contribution >= 0.6 is 23.2 Å². The Morgan fingerprint density at radius 2 is 1.67 bits per heavy atom. The minimum absolute atomic E-state index is 0.0336. The van der Waals surface area contributed by atoms with Gasteiger partial charge >= 0.3 is 6.18 Å². The molecular weight excluding hydrogens is 878 g/mol. The number of halogens is 5. The topological polar surface area (TPSA) is 186 Å². The van der Waals surface area contributed by atoms with E-state index in [0.717, 1.165) is 0 Å². The van der Waals surface area contributed by atoms with Crippen LogP contribution in [0.4, 0.5) is 13.2 Å². The standard InChI is InChI=1S/C45H64Cl2F3N7O7/c1-8-31(53-42(64)44(45(48,49)50)23-25-12-15-28(44)20-25)36(58)54-35(26-13-14-26)40(62)56(6)33-11-9-10-18-51-41(63)43(4,5)55-38(60)34(22-27-21-29(46)16-17-30(27)47)57(7)39(61)32(19-24(2)3)52-37(33)59/h16-17,21,24-26,28,31-35H,8-15,18-20,22-23H2,1-7H3,(H,51,63)(H,52,59)(H,53,64)(H,54,58)(H,55,60)/t25?,28?,31-,32-,33-,34-,35-,44?/m0/s1. The quantitative estimate of drug-likeness (QED) is 0.194. The first-order valence-corrected chi connectivity index (χ1v) is 23.2. The second-order valence-corrected chi connectivity index (χ2v) is 20.1. The van der Waals surface area contributed by atoms with Gasteiger partial charge in [0.15, 0.2) is 0 Å². The number of alkyl halides is 3. The van der Waals surface area contributed by atoms with Gasteiger partial charge in [0.05, 0.1) is 0 Å². The first kappa shape index (κ1) is 50.9. The lowest BCUT2D eigenvalue weighted by Crippen LogP contribution is -2.62. The Morgan fingerprint density at radius 1 is 0.984 bits per heavy atom. The average Bonchev–Trinajstić information content (AvgIpc) is 3.84. The van der Waals surface area contributed by atoms with Crippen molar-refractivity contribution < 1.29 is 46.7 Å². The van der Waals surface area contributed by atoms with E-state index < -0.39 is 94.6 Å². The largest absolute Gasteiger partial charge is 0.403 e. The number of nitrogens with zero attached hydrogens (tertiary/aromatic N) is 2. The van der Waals surface area contributed by atoms with Gasteiger partial charge in [0, 0.05) is 37.1 Å². The zero-order valence-corrected chi connectivity index (χ0v) is 39.3. The van der Waals surface area contributed by atoms with Crippen LogP contribution < -0.4 is 26.6 Å². The minimum Gasteiger partial charge on any atom is -0.354 e. The van der Waals surface area contributed by atoms with Crippen LogP contribution in [-0.4, -0.2) is 114 Å². The van der Waals surface area contributed by atoms with E-state index >= 15 is 0 Å². The van der Waals surface area contributed by atoms with Gasteiger partial charge in [0.2, 0.25) is 41.4 Å². The maximum atomic E-state index is 14.6. The van der Waals surface area contributed by atoms with Gasteiger partial charge in [-0.3, -0.25) is 33.6 Å². The number of amides is 7. The van der Waals surface area contributed by atoms with E-state index in [0.29, 0.717) is 54.1 Å². The molecule has 1 heterocycles. The highest BCUT2D eigenvalue weighted by atomic mass is 35.5. The van der Waals surface area contributed by atoms with Crippen molar-refractivity contribution in [3.8, 4) is 0 Å². The molecule has 356 valence electrons. The van der Waals surface area contributed by atoms with Crippen molar-refractivity contribution in [3.05, 3.63) is 33.8 Å². The van der Waals surface area contributed by atoms with Crippen molar-refractivity contribution >= 4 is 64.6 Å². The van der Waals surface area contributed by atoms with Gasteiger partial charge < -0.3 is 36.4 Å². The number of benzene rings is 1. The number of nitrogens with one attached hydrogen (secondary N) is 5. The summed E-state index contributed by atoms with van der Waals surface area (Å²) in [6, 6.07) is -1.34. The molecule has 4 aliphatic rings. The molecular formula is C45H64Cl2F3N7O7. The number of carbonyl (C=O) groups is 7. The molecule has 14 nitrogen and oxygen atoms in total. The highest BCUT2D eigenvalue weighted by Gasteiger charge is 2.69. The fourth-order valence-electron chi connectivity index (χ4n) is 9.67. The summed E-state index contributed by atoms with van der Waals surface area (Å²) in [5.41, 5.74) is -3.52. The summed E-state index contributed by atoms with van der Waals surface area (Å²) in [5, 5.41) is 14.2. The number of likely N-dealkylation sites (N-methyl/N-ethyl adjacent to an activating group) is 2. The highest BCUT2D eigenvalue weighted by Crippen LogP contribution is 2.62. The van der Waals surface area contributed by atoms with Crippen molar-refractivity contribution in [2.45, 2.75) is 154 Å². The summed E-state index contributed by atoms with van der Waals surface area (Å²) < 4.78 is 43.9. The van der Waals surface area contributed by atoms with Gasteiger partial charge in [-0.2, -0.15) is 13.2 Å². The lowest BCUT2D eigenvalue weighted by Gasteiger charge is -2.38. The Labute approximate surface area is 383 Å². The second kappa shape index (κ2) is 20.6. The zero-order chi connectivity index (χ0) is 47.5. The fourth-order valence-corrected chi connectivity index (χ4v) is 10.1. The predicted molar refractivity (Wildman–Crippen MR) is 235 cm³/mol. The van der Waals surface area contributed by atoms with Crippen molar-refractivity contribution in [1.29, 1.82) is 0 Å². The lowest BCUT2D eigenvalue weighted by molar-refractivity contribution is -0.236. The van der Waals surface area contributed by atoms with Crippen LogP contribution in [0.15, 0.2) is 18.2 Å². The van der Waals surface area contributed by atoms with Gasteiger partial charge in [0.1, 0.15) is 41.2 Å². The first-order valence-electron chi connectivity index (χ1n) is 22.5. The maximum Gasteiger partial charge on any atom is 0.403 e. The molecule has 19 heteroatoms. The van der Waals surface area contributed by atoms with Gasteiger partial charge in [-0.1, -0.05) is 50.4 Å². The van der Waals surface area contributed by atoms with E-state index in [-0.39, 0.29) is 62.8 Å². The molecule has 8 atom stereocenters. The molecule has 1 aliphatic heterocycles. The molecule has 3 unspecified atom stereocenters. The zero-order valence-electron chi connectivity index (χ0n) is 37.8. The average molecular weight is 943 g/mol. The Hall–Kier alpha value is -4.12. The summed E-state index contributed by atoms with van der Waals surface area (Å²) >= 11 is 12.8. The van der Waals surface area contributed by atoms with E-state index in [2.05, 4.69) is 26.6 Å². The van der Waals surface area contributed by atoms with Crippen LogP contribution in [-0.2, 0) is 40.0 Å². The third-order valence-corrected chi connectivity index (χ3v) is 14.2. The molecule has 0 radical (unpaired) electrons. The number of hydrogen-bond donors (Lipinski definition) is 5. The van der Waals surface area contributed by atoms with Crippen LogP contribution in [0.3, 0.4) is 0 Å². The van der Waals surface area contributed by atoms with Crippen LogP contribution in [0, 0.1) is 29.1 Å². The van der Waals surface area contributed by atoms with Gasteiger partial charge in [-0.15, -0.1) is 0 Å². The summed E-state index contributed by atoms with van der Waals surface area (Å²) in [4.78, 5) is 101. The predicted octanol–water partition coefficient (Wildman–Crippen LogP) is 5.07. The third-order valence-electron chi connectivity index (χ3n) is 13.6. The molecule has 64 heavy (non-hydrogen) atoms. The van der Waals surface area contributed by atoms with E-state index in [4.69, 9.17) is 23.2 Å². The molecule has 5 N–H and O–H groups in total. The van der Waals surface area contributed by atoms with Gasteiger partial charge in [0.25, 0.3) is 0 Å². The maximum absolute atomic E-state index is 14.6. The van der Waals surface area contributed by atoms with Crippen LogP contribution in [0.1, 0.15) is 111 Å². The smallest absolute Gasteiger partial charge is 0.354 e. The van der Waals surface area contributed by atoms with Gasteiger partial charge in [-0.25, -0.2) is 0 Å². The Balaban J connectivity index is 1.40. The number of fused-ring (bicyclic) bond motifs is 2. The molecule has 1 aromatic rings. The molecule has 0 spiro atoms. The summed E-state index contributed by atoms with van der Waals surface area (Å²) in [6.45, 7) is 8.53. The van der Waals surface area contributed by atoms with E-state index in [1.807, 2.05) is 13.8 Å². The van der Waals surface area contributed by atoms with Crippen LogP contribution in [0.2, 0.25) is 10.0 Å². The Bertz CT molecular complexity index is 1950. The molecule has 3 aliphatic carbocycles. The molecule has 7 amide bonds. The minimum atomic E-state index is -4.80. The van der Waals surface area contributed by atoms with E-state index in [1.54, 1.807) is 25.1 Å². The number of hydrogen-bond acceptors (Lipinski definition) is 7. The molecule has 4 fully saturated rings. The number of carbonyl (C=O) groups excluding carboxylic acids is 7. The monoisotopic (exact) mass is 941 g/mol. The molecule has 2 bridgehead atoms. The molecule has 5 rings (SSSR count). The molecule has 1 aromatic carbocycles. The third kappa shape index (κ3) is 11.5. The van der Waals surface area contributed by atoms with Crippen molar-refractivity contribution in [3.63, 3.8) is 0 Å². The van der Waals surface area contributed by atoms with Crippen molar-refractivity contribution in [2.75, 3.05) is 20.6 Å². The van der Waals surface area contributed by atoms with E-state index in [1.165, 1.54) is 37.7 Å². The SMILES string of the molecule is CC[C@H](NC(=O)C1(C(F)(F)F)CC2CCC1C2)C(=O)N[C@H](C(=O)N(C)[C@H]1CCCCNC(=O)C(C)(C)NC(=O)[C@H](Cc2cc(Cl)ccc2Cl)N(C)C(=O)[C@H](CC(C)C)NC1=O)C1CC1. The molecule has 1 saturated heterocycles. The van der Waals surface area contributed by atoms with Gasteiger partial charge in [-0.05, 0) is 125 Å². The van der Waals surface area contributed by atoms with E-state index in [9.17, 15) is 46.7 Å². The Morgan fingerprint density at radius 3 is 2.25 bits per heavy atom. The van der Waals surface area contributed by atoms with Crippen molar-refractivity contribution in [1.82, 2.24) is 36.4 Å². The molecule has 0 aromatic heterocycles. The highest BCUT2D eigenvalue weighted by molar-refractivity contribution is 6.33. The fraction of sp³-hybridized carbons (Fsp3) is 0.711. The number of rotatable bonds is 12. The second-order valence-electron chi connectivity index (χ2n) is 19.2. The summed E-state index contributed by atoms with van der Waals surface area (Å²) in [6.07, 6.45) is -1.94. The Kier molecular flexibility index (Phi) is 16.4. The first-order chi connectivity index (χ1) is 29.9. The normalized spacial score (nSPS) is 27.9. The van der Waals surface area contributed by atoms with Crippen LogP contribution in [0.5, 0.6) is 0 Å².